The van der Waals surface area contributed by atoms with Gasteiger partial charge in [0.05, 0.1) is 15.4 Å². The van der Waals surface area contributed by atoms with Crippen LogP contribution >= 0.6 is 15.9 Å². The predicted molar refractivity (Wildman–Crippen MR) is 139 cm³/mol. The highest BCUT2D eigenvalue weighted by Gasteiger charge is 2.27. The molecule has 0 aliphatic heterocycles. The summed E-state index contributed by atoms with van der Waals surface area (Å²) in [5.41, 5.74) is 15.2. The van der Waals surface area contributed by atoms with Gasteiger partial charge in [-0.25, -0.2) is 15.0 Å². The first kappa shape index (κ1) is 24.4. The molecule has 0 spiro atoms. The molecule has 34 heavy (non-hydrogen) atoms. The van der Waals surface area contributed by atoms with Gasteiger partial charge in [-0.15, -0.1) is 0 Å². The van der Waals surface area contributed by atoms with Crippen molar-refractivity contribution in [3.8, 4) is 0 Å². The SMILES string of the molecule is CC(C)(O)O.Nc1nc2cc(CCC3CCC(n4ccc5c(N)ncnc54)C3)ccc2cc1Br. The van der Waals surface area contributed by atoms with Gasteiger partial charge in [-0.2, -0.15) is 0 Å². The van der Waals surface area contributed by atoms with Crippen molar-refractivity contribution in [2.75, 3.05) is 11.5 Å². The molecule has 2 atom stereocenters. The van der Waals surface area contributed by atoms with Crippen LogP contribution in [0.4, 0.5) is 11.6 Å². The van der Waals surface area contributed by atoms with E-state index in [1.807, 2.05) is 12.1 Å². The second kappa shape index (κ2) is 9.85. The van der Waals surface area contributed by atoms with Crippen LogP contribution in [-0.4, -0.2) is 35.5 Å². The number of rotatable bonds is 4. The number of anilines is 2. The van der Waals surface area contributed by atoms with Crippen molar-refractivity contribution in [2.45, 2.75) is 57.8 Å². The number of hydrogen-bond donors (Lipinski definition) is 4. The van der Waals surface area contributed by atoms with Crippen LogP contribution in [0.25, 0.3) is 21.9 Å². The Hall–Kier alpha value is -2.75. The first-order valence-electron chi connectivity index (χ1n) is 11.4. The van der Waals surface area contributed by atoms with E-state index in [2.05, 4.69) is 59.8 Å². The monoisotopic (exact) mass is 526 g/mol. The van der Waals surface area contributed by atoms with Crippen molar-refractivity contribution < 1.29 is 10.2 Å². The molecule has 1 aliphatic rings. The van der Waals surface area contributed by atoms with E-state index in [1.165, 1.54) is 45.1 Å². The van der Waals surface area contributed by atoms with Crippen molar-refractivity contribution in [2.24, 2.45) is 5.92 Å². The minimum absolute atomic E-state index is 0.488. The summed E-state index contributed by atoms with van der Waals surface area (Å²) in [4.78, 5) is 13.1. The summed E-state index contributed by atoms with van der Waals surface area (Å²) >= 11 is 3.45. The molecule has 3 aromatic heterocycles. The molecular weight excluding hydrogens is 496 g/mol. The second-order valence-electron chi connectivity index (χ2n) is 9.47. The third-order valence-corrected chi connectivity index (χ3v) is 6.79. The van der Waals surface area contributed by atoms with Gasteiger partial charge in [-0.1, -0.05) is 12.1 Å². The largest absolute Gasteiger partial charge is 0.383 e. The fourth-order valence-corrected chi connectivity index (χ4v) is 4.91. The van der Waals surface area contributed by atoms with Gasteiger partial charge in [0.15, 0.2) is 5.79 Å². The van der Waals surface area contributed by atoms with Gasteiger partial charge >= 0.3 is 0 Å². The van der Waals surface area contributed by atoms with Gasteiger partial charge in [-0.3, -0.25) is 0 Å². The van der Waals surface area contributed by atoms with Crippen molar-refractivity contribution in [3.63, 3.8) is 0 Å². The van der Waals surface area contributed by atoms with E-state index in [4.69, 9.17) is 21.7 Å². The maximum Gasteiger partial charge on any atom is 0.156 e. The average molecular weight is 527 g/mol. The highest BCUT2D eigenvalue weighted by molar-refractivity contribution is 9.10. The van der Waals surface area contributed by atoms with Gasteiger partial charge < -0.3 is 26.2 Å². The van der Waals surface area contributed by atoms with Crippen LogP contribution in [0.3, 0.4) is 0 Å². The van der Waals surface area contributed by atoms with Crippen molar-refractivity contribution >= 4 is 49.5 Å². The Morgan fingerprint density at radius 3 is 2.62 bits per heavy atom. The van der Waals surface area contributed by atoms with E-state index in [1.54, 1.807) is 6.33 Å². The molecule has 4 aromatic rings. The maximum atomic E-state index is 8.08. The first-order chi connectivity index (χ1) is 16.1. The smallest absolute Gasteiger partial charge is 0.156 e. The lowest BCUT2D eigenvalue weighted by Gasteiger charge is -2.14. The number of hydrogen-bond acceptors (Lipinski definition) is 7. The van der Waals surface area contributed by atoms with Crippen molar-refractivity contribution in [1.82, 2.24) is 19.5 Å². The van der Waals surface area contributed by atoms with E-state index in [9.17, 15) is 0 Å². The quantitative estimate of drug-likeness (QED) is 0.285. The zero-order valence-corrected chi connectivity index (χ0v) is 21.0. The summed E-state index contributed by atoms with van der Waals surface area (Å²) in [7, 11) is 0. The summed E-state index contributed by atoms with van der Waals surface area (Å²) in [5.74, 6) is 0.313. The molecule has 5 rings (SSSR count). The summed E-state index contributed by atoms with van der Waals surface area (Å²) in [5, 5.41) is 18.2. The number of nitrogens with zero attached hydrogens (tertiary/aromatic N) is 4. The Kier molecular flexibility index (Phi) is 7.06. The highest BCUT2D eigenvalue weighted by atomic mass is 79.9. The number of nitrogens with two attached hydrogens (primary N) is 2. The number of fused-ring (bicyclic) bond motifs is 2. The van der Waals surface area contributed by atoms with E-state index in [0.29, 0.717) is 17.7 Å². The number of halogens is 1. The summed E-state index contributed by atoms with van der Waals surface area (Å²) in [6, 6.07) is 11.1. The van der Waals surface area contributed by atoms with Crippen LogP contribution in [0.1, 0.15) is 51.1 Å². The topological polar surface area (TPSA) is 136 Å². The molecule has 0 saturated heterocycles. The van der Waals surface area contributed by atoms with E-state index in [0.717, 1.165) is 38.7 Å². The first-order valence-corrected chi connectivity index (χ1v) is 12.2. The van der Waals surface area contributed by atoms with E-state index >= 15 is 0 Å². The lowest BCUT2D eigenvalue weighted by atomic mass is 9.97. The van der Waals surface area contributed by atoms with Gasteiger partial charge in [0.1, 0.15) is 23.6 Å². The zero-order chi connectivity index (χ0) is 24.5. The van der Waals surface area contributed by atoms with Gasteiger partial charge in [0.25, 0.3) is 0 Å². The van der Waals surface area contributed by atoms with Crippen LogP contribution in [0.15, 0.2) is 47.3 Å². The van der Waals surface area contributed by atoms with E-state index in [-0.39, 0.29) is 0 Å². The highest BCUT2D eigenvalue weighted by Crippen LogP contribution is 2.39. The Morgan fingerprint density at radius 2 is 1.85 bits per heavy atom. The molecule has 1 saturated carbocycles. The minimum Gasteiger partial charge on any atom is -0.383 e. The third kappa shape index (κ3) is 5.84. The Morgan fingerprint density at radius 1 is 1.09 bits per heavy atom. The number of pyridine rings is 1. The number of nitrogen functional groups attached to an aromatic ring is 2. The molecule has 0 bridgehead atoms. The number of aliphatic hydroxyl groups is 2. The maximum absolute atomic E-state index is 8.08. The molecule has 180 valence electrons. The molecule has 2 unspecified atom stereocenters. The predicted octanol–water partition coefficient (Wildman–Crippen LogP) is 4.59. The van der Waals surface area contributed by atoms with Crippen LogP contribution in [-0.2, 0) is 6.42 Å². The molecule has 0 amide bonds. The molecule has 3 heterocycles. The normalized spacial score (nSPS) is 18.3. The molecule has 6 N–H and O–H groups in total. The fourth-order valence-electron chi connectivity index (χ4n) is 4.58. The van der Waals surface area contributed by atoms with Crippen LogP contribution in [0.2, 0.25) is 0 Å². The molecule has 9 heteroatoms. The van der Waals surface area contributed by atoms with Crippen LogP contribution in [0.5, 0.6) is 0 Å². The Bertz CT molecular complexity index is 1290. The van der Waals surface area contributed by atoms with Crippen LogP contribution in [0, 0.1) is 5.92 Å². The zero-order valence-electron chi connectivity index (χ0n) is 19.4. The van der Waals surface area contributed by atoms with Gasteiger partial charge in [0, 0.05) is 17.6 Å². The number of aryl methyl sites for hydroxylation is 1. The summed E-state index contributed by atoms with van der Waals surface area (Å²) in [6.07, 6.45) is 9.52. The summed E-state index contributed by atoms with van der Waals surface area (Å²) < 4.78 is 3.13. The molecular formula is C25H31BrN6O2. The summed E-state index contributed by atoms with van der Waals surface area (Å²) in [6.45, 7) is 2.60. The van der Waals surface area contributed by atoms with Crippen molar-refractivity contribution in [1.29, 1.82) is 0 Å². The van der Waals surface area contributed by atoms with Gasteiger partial charge in [0.2, 0.25) is 0 Å². The van der Waals surface area contributed by atoms with Crippen molar-refractivity contribution in [3.05, 3.63) is 52.9 Å². The molecule has 1 fully saturated rings. The second-order valence-corrected chi connectivity index (χ2v) is 10.3. The number of benzene rings is 1. The molecule has 1 aliphatic carbocycles. The Balaban J connectivity index is 0.000000499. The fraction of sp³-hybridized carbons (Fsp3) is 0.400. The lowest BCUT2D eigenvalue weighted by Crippen LogP contribution is -2.15. The average Bonchev–Trinajstić information content (AvgIpc) is 3.39. The molecule has 1 aromatic carbocycles. The lowest BCUT2D eigenvalue weighted by molar-refractivity contribution is -0.127. The number of aromatic nitrogens is 4. The van der Waals surface area contributed by atoms with Crippen LogP contribution < -0.4 is 11.5 Å². The molecule has 0 radical (unpaired) electrons. The minimum atomic E-state index is -1.50. The van der Waals surface area contributed by atoms with E-state index < -0.39 is 5.79 Å². The third-order valence-electron chi connectivity index (χ3n) is 6.15. The standard InChI is InChI=1S/C22H23BrN6.C3H8O2/c23-18-11-15-5-3-14(10-19(15)28-21(18)25)2-1-13-4-6-16(9-13)29-8-7-17-20(24)26-12-27-22(17)29;1-3(2,4)5/h3,5,7-8,10-13,16H,1-2,4,6,9H2,(H2,25,28)(H2,24,26,27);4-5H,1-2H3. The Labute approximate surface area is 207 Å². The molecule has 8 nitrogen and oxygen atoms in total. The van der Waals surface area contributed by atoms with Gasteiger partial charge in [-0.05, 0) is 91.6 Å².